The molecule has 3 aromatic carbocycles. The fourth-order valence-electron chi connectivity index (χ4n) is 4.20. The van der Waals surface area contributed by atoms with E-state index < -0.39 is 21.5 Å². The van der Waals surface area contributed by atoms with Gasteiger partial charge in [0.1, 0.15) is 5.69 Å². The second kappa shape index (κ2) is 8.92. The summed E-state index contributed by atoms with van der Waals surface area (Å²) in [6, 6.07) is 20.6. The molecule has 0 aliphatic heterocycles. The Morgan fingerprint density at radius 1 is 1.08 bits per heavy atom. The maximum absolute atomic E-state index is 13.4. The summed E-state index contributed by atoms with van der Waals surface area (Å²) >= 11 is 0. The highest BCUT2D eigenvalue weighted by Gasteiger charge is 2.19. The number of carbonyl (C=O) groups excluding carboxylic acids is 1. The van der Waals surface area contributed by atoms with Crippen LogP contribution in [0, 0.1) is 11.3 Å². The van der Waals surface area contributed by atoms with E-state index in [1.54, 1.807) is 48.0 Å². The van der Waals surface area contributed by atoms with E-state index in [9.17, 15) is 23.3 Å². The van der Waals surface area contributed by atoms with Crippen LogP contribution in [0.3, 0.4) is 0 Å². The number of aromatic amines is 1. The van der Waals surface area contributed by atoms with Crippen LogP contribution >= 0.6 is 0 Å². The molecule has 37 heavy (non-hydrogen) atoms. The molecule has 1 amide bonds. The van der Waals surface area contributed by atoms with Crippen LogP contribution in [-0.4, -0.2) is 35.3 Å². The van der Waals surface area contributed by atoms with Crippen LogP contribution in [0.25, 0.3) is 33.4 Å². The lowest BCUT2D eigenvalue weighted by Crippen LogP contribution is -2.16. The molecule has 0 unspecified atom stereocenters. The van der Waals surface area contributed by atoms with Crippen LogP contribution in [0.2, 0.25) is 0 Å². The smallest absolute Gasteiger partial charge is 0.339 e. The number of benzene rings is 3. The summed E-state index contributed by atoms with van der Waals surface area (Å²) in [5.74, 6) is -1.11. The standard InChI is InChI=1S/C26H19N5O5S/c1-31-22(25(32)28-21-11-6-15(14-27)12-20(21)24-29-26(33)36-30-24)13-17-4-3-5-19(23(17)31)16-7-9-18(10-8-16)37(2,34)35/h3-13H,1-2H3,(H,28,32)(H,29,30,33). The Morgan fingerprint density at radius 3 is 2.49 bits per heavy atom. The lowest BCUT2D eigenvalue weighted by atomic mass is 10.0. The zero-order chi connectivity index (χ0) is 26.3. The minimum absolute atomic E-state index is 0.0780. The van der Waals surface area contributed by atoms with Gasteiger partial charge in [-0.3, -0.25) is 14.3 Å². The molecule has 2 heterocycles. The normalized spacial score (nSPS) is 11.4. The molecule has 0 saturated heterocycles. The quantitative estimate of drug-likeness (QED) is 0.363. The van der Waals surface area contributed by atoms with Crippen molar-refractivity contribution >= 4 is 32.3 Å². The second-order valence-electron chi connectivity index (χ2n) is 8.40. The van der Waals surface area contributed by atoms with E-state index in [-0.39, 0.29) is 10.7 Å². The van der Waals surface area contributed by atoms with E-state index >= 15 is 0 Å². The summed E-state index contributed by atoms with van der Waals surface area (Å²) in [4.78, 5) is 27.5. The molecule has 0 radical (unpaired) electrons. The van der Waals surface area contributed by atoms with E-state index in [0.29, 0.717) is 22.5 Å². The summed E-state index contributed by atoms with van der Waals surface area (Å²) < 4.78 is 30.0. The van der Waals surface area contributed by atoms with Crippen LogP contribution in [0.4, 0.5) is 5.69 Å². The summed E-state index contributed by atoms with van der Waals surface area (Å²) in [6.45, 7) is 0. The number of nitrogens with one attached hydrogen (secondary N) is 2. The number of aromatic nitrogens is 3. The van der Waals surface area contributed by atoms with Crippen molar-refractivity contribution in [2.45, 2.75) is 4.90 Å². The highest BCUT2D eigenvalue weighted by Crippen LogP contribution is 2.32. The molecule has 0 saturated carbocycles. The number of amides is 1. The minimum Gasteiger partial charge on any atom is -0.339 e. The number of fused-ring (bicyclic) bond motifs is 1. The van der Waals surface area contributed by atoms with E-state index in [0.717, 1.165) is 28.3 Å². The third-order valence-corrected chi connectivity index (χ3v) is 7.10. The van der Waals surface area contributed by atoms with E-state index in [1.165, 1.54) is 12.1 Å². The zero-order valence-electron chi connectivity index (χ0n) is 19.6. The predicted octanol–water partition coefficient (Wildman–Crippen LogP) is 3.72. The number of anilines is 1. The van der Waals surface area contributed by atoms with Crippen molar-refractivity contribution in [3.05, 3.63) is 88.5 Å². The summed E-state index contributed by atoms with van der Waals surface area (Å²) in [7, 11) is -1.56. The van der Waals surface area contributed by atoms with Gasteiger partial charge < -0.3 is 9.88 Å². The van der Waals surface area contributed by atoms with Crippen molar-refractivity contribution in [2.24, 2.45) is 7.05 Å². The Bertz CT molecular complexity index is 1890. The SMILES string of the molecule is Cn1c(C(=O)Nc2ccc(C#N)cc2-c2noc(=O)[nH]2)cc2cccc(-c3ccc(S(C)(=O)=O)cc3)c21. The number of sulfone groups is 1. The predicted molar refractivity (Wildman–Crippen MR) is 137 cm³/mol. The fraction of sp³-hybridized carbons (Fsp3) is 0.0769. The molecule has 0 bridgehead atoms. The van der Waals surface area contributed by atoms with Crippen LogP contribution < -0.4 is 11.1 Å². The van der Waals surface area contributed by atoms with Crippen LogP contribution in [0.1, 0.15) is 16.1 Å². The topological polar surface area (TPSA) is 151 Å². The van der Waals surface area contributed by atoms with Gasteiger partial charge in [0.15, 0.2) is 15.7 Å². The van der Waals surface area contributed by atoms with Gasteiger partial charge >= 0.3 is 5.76 Å². The first-order chi connectivity index (χ1) is 17.7. The van der Waals surface area contributed by atoms with E-state index in [2.05, 4.69) is 20.0 Å². The first-order valence-electron chi connectivity index (χ1n) is 11.0. The van der Waals surface area contributed by atoms with Crippen LogP contribution in [0.5, 0.6) is 0 Å². The molecule has 0 spiro atoms. The van der Waals surface area contributed by atoms with Gasteiger partial charge in [-0.05, 0) is 42.0 Å². The highest BCUT2D eigenvalue weighted by molar-refractivity contribution is 7.90. The molecule has 10 nitrogen and oxygen atoms in total. The number of H-pyrrole nitrogens is 1. The monoisotopic (exact) mass is 513 g/mol. The number of nitriles is 1. The number of rotatable bonds is 5. The Morgan fingerprint density at radius 2 is 1.84 bits per heavy atom. The Balaban J connectivity index is 1.55. The number of nitrogens with zero attached hydrogens (tertiary/aromatic N) is 3. The summed E-state index contributed by atoms with van der Waals surface area (Å²) in [5, 5.41) is 16.6. The van der Waals surface area contributed by atoms with E-state index in [1.807, 2.05) is 24.3 Å². The molecule has 0 atom stereocenters. The summed E-state index contributed by atoms with van der Waals surface area (Å²) in [6.07, 6.45) is 1.16. The Kier molecular flexibility index (Phi) is 5.74. The van der Waals surface area contributed by atoms with E-state index in [4.69, 9.17) is 0 Å². The average Bonchev–Trinajstić information content (AvgIpc) is 3.47. The zero-order valence-corrected chi connectivity index (χ0v) is 20.5. The van der Waals surface area contributed by atoms with Crippen molar-refractivity contribution < 1.29 is 17.7 Å². The number of para-hydroxylation sites is 1. The first kappa shape index (κ1) is 23.8. The Hall–Kier alpha value is -4.95. The fourth-order valence-corrected chi connectivity index (χ4v) is 4.83. The van der Waals surface area contributed by atoms with Gasteiger partial charge in [0.05, 0.1) is 27.7 Å². The molecule has 5 rings (SSSR count). The Labute approximate surface area is 210 Å². The largest absolute Gasteiger partial charge is 0.439 e. The van der Waals surface area contributed by atoms with Gasteiger partial charge in [-0.2, -0.15) is 5.26 Å². The lowest BCUT2D eigenvalue weighted by Gasteiger charge is -2.11. The van der Waals surface area contributed by atoms with Gasteiger partial charge in [0, 0.05) is 29.8 Å². The lowest BCUT2D eigenvalue weighted by molar-refractivity contribution is 0.102. The third kappa shape index (κ3) is 4.41. The minimum atomic E-state index is -3.32. The average molecular weight is 514 g/mol. The second-order valence-corrected chi connectivity index (χ2v) is 10.4. The van der Waals surface area contributed by atoms with Crippen molar-refractivity contribution in [3.63, 3.8) is 0 Å². The molecule has 11 heteroatoms. The maximum atomic E-state index is 13.4. The molecule has 5 aromatic rings. The number of carbonyl (C=O) groups is 1. The molecule has 0 fully saturated rings. The maximum Gasteiger partial charge on any atom is 0.439 e. The highest BCUT2D eigenvalue weighted by atomic mass is 32.2. The molecule has 2 N–H and O–H groups in total. The number of hydrogen-bond donors (Lipinski definition) is 2. The molecule has 0 aliphatic carbocycles. The molecule has 2 aromatic heterocycles. The molecular formula is C26H19N5O5S. The van der Waals surface area contributed by atoms with Gasteiger partial charge in [-0.1, -0.05) is 35.5 Å². The van der Waals surface area contributed by atoms with Gasteiger partial charge in [0.25, 0.3) is 5.91 Å². The van der Waals surface area contributed by atoms with Gasteiger partial charge in [-0.15, -0.1) is 0 Å². The van der Waals surface area contributed by atoms with Crippen molar-refractivity contribution in [1.82, 2.24) is 14.7 Å². The summed E-state index contributed by atoms with van der Waals surface area (Å²) in [5.41, 5.74) is 3.75. The third-order valence-electron chi connectivity index (χ3n) is 5.97. The van der Waals surface area contributed by atoms with Crippen LogP contribution in [0.15, 0.2) is 80.9 Å². The first-order valence-corrected chi connectivity index (χ1v) is 12.9. The van der Waals surface area contributed by atoms with Crippen molar-refractivity contribution in [2.75, 3.05) is 11.6 Å². The molecule has 0 aliphatic rings. The number of aryl methyl sites for hydroxylation is 1. The number of hydrogen-bond acceptors (Lipinski definition) is 7. The van der Waals surface area contributed by atoms with Crippen LogP contribution in [-0.2, 0) is 16.9 Å². The van der Waals surface area contributed by atoms with Crippen molar-refractivity contribution in [3.8, 4) is 28.6 Å². The molecular weight excluding hydrogens is 494 g/mol. The van der Waals surface area contributed by atoms with Crippen molar-refractivity contribution in [1.29, 1.82) is 5.26 Å². The van der Waals surface area contributed by atoms with Gasteiger partial charge in [0.2, 0.25) is 0 Å². The molecule has 184 valence electrons. The van der Waals surface area contributed by atoms with Gasteiger partial charge in [-0.25, -0.2) is 13.2 Å².